The van der Waals surface area contributed by atoms with E-state index in [2.05, 4.69) is 26.8 Å². The van der Waals surface area contributed by atoms with Crippen molar-refractivity contribution in [3.63, 3.8) is 0 Å². The number of ketones is 1. The predicted octanol–water partition coefficient (Wildman–Crippen LogP) is 5.90. The minimum Gasteiger partial charge on any atom is -0.290 e. The van der Waals surface area contributed by atoms with Gasteiger partial charge < -0.3 is 0 Å². The lowest BCUT2D eigenvalue weighted by atomic mass is 9.47. The van der Waals surface area contributed by atoms with Gasteiger partial charge in [0.1, 0.15) is 0 Å². The standard InChI is InChI=1S/C21H28Cl2O/c1-4-13-5-7-16-17-8-6-14-11-15(24)9-10-20(14,3)21(17,23)18(22)12-19(13,16)2/h9-11,13,16-18H,4-8,12H2,1-3H3/t13-,16-,17-,18-,19+,20-,21-/m0/s1. The van der Waals surface area contributed by atoms with Crippen LogP contribution in [0.3, 0.4) is 0 Å². The van der Waals surface area contributed by atoms with Gasteiger partial charge in [-0.3, -0.25) is 4.79 Å². The number of carbonyl (C=O) groups excluding carboxylic acids is 1. The maximum absolute atomic E-state index is 11.9. The van der Waals surface area contributed by atoms with Crippen molar-refractivity contribution in [1.29, 1.82) is 0 Å². The Morgan fingerprint density at radius 2 is 1.96 bits per heavy atom. The zero-order valence-electron chi connectivity index (χ0n) is 14.9. The van der Waals surface area contributed by atoms with Crippen LogP contribution in [0.2, 0.25) is 0 Å². The summed E-state index contributed by atoms with van der Waals surface area (Å²) in [7, 11) is 0. The van der Waals surface area contributed by atoms with Crippen LogP contribution in [0.5, 0.6) is 0 Å². The summed E-state index contributed by atoms with van der Waals surface area (Å²) in [6.45, 7) is 7.01. The third-order valence-electron chi connectivity index (χ3n) is 8.28. The first kappa shape index (κ1) is 17.2. The first-order valence-electron chi connectivity index (χ1n) is 9.54. The van der Waals surface area contributed by atoms with Crippen LogP contribution < -0.4 is 0 Å². The number of allylic oxidation sites excluding steroid dienone is 4. The molecule has 1 nitrogen and oxygen atoms in total. The summed E-state index contributed by atoms with van der Waals surface area (Å²) in [5.41, 5.74) is 1.24. The van der Waals surface area contributed by atoms with Crippen LogP contribution >= 0.6 is 23.2 Å². The number of rotatable bonds is 1. The summed E-state index contributed by atoms with van der Waals surface area (Å²) in [6.07, 6.45) is 12.5. The van der Waals surface area contributed by atoms with Gasteiger partial charge in [0.25, 0.3) is 0 Å². The number of hydrogen-bond donors (Lipinski definition) is 0. The summed E-state index contributed by atoms with van der Waals surface area (Å²) in [5.74, 6) is 1.98. The third kappa shape index (κ3) is 1.92. The van der Waals surface area contributed by atoms with Gasteiger partial charge in [0.2, 0.25) is 0 Å². The minimum atomic E-state index is -0.470. The monoisotopic (exact) mass is 366 g/mol. The number of halogens is 2. The van der Waals surface area contributed by atoms with Crippen molar-refractivity contribution in [2.24, 2.45) is 28.6 Å². The third-order valence-corrected chi connectivity index (χ3v) is 9.83. The molecule has 0 spiro atoms. The molecule has 0 radical (unpaired) electrons. The van der Waals surface area contributed by atoms with Gasteiger partial charge in [-0.25, -0.2) is 0 Å². The van der Waals surface area contributed by atoms with Crippen LogP contribution in [0.1, 0.15) is 59.3 Å². The second-order valence-corrected chi connectivity index (χ2v) is 10.1. The topological polar surface area (TPSA) is 17.1 Å². The molecule has 132 valence electrons. The van der Waals surface area contributed by atoms with Crippen LogP contribution in [0.15, 0.2) is 23.8 Å². The number of alkyl halides is 2. The van der Waals surface area contributed by atoms with E-state index in [9.17, 15) is 4.79 Å². The maximum atomic E-state index is 11.9. The molecule has 0 N–H and O–H groups in total. The summed E-state index contributed by atoms with van der Waals surface area (Å²) in [6, 6.07) is 0. The normalized spacial score (nSPS) is 53.2. The van der Waals surface area contributed by atoms with E-state index in [0.717, 1.165) is 25.2 Å². The highest BCUT2D eigenvalue weighted by atomic mass is 35.5. The fourth-order valence-electron chi connectivity index (χ4n) is 6.92. The Balaban J connectivity index is 1.80. The van der Waals surface area contributed by atoms with Crippen molar-refractivity contribution in [2.75, 3.05) is 0 Å². The Morgan fingerprint density at radius 3 is 2.67 bits per heavy atom. The fraction of sp³-hybridized carbons (Fsp3) is 0.762. The highest BCUT2D eigenvalue weighted by Gasteiger charge is 2.68. The second kappa shape index (κ2) is 5.36. The molecule has 0 aromatic rings. The van der Waals surface area contributed by atoms with Gasteiger partial charge in [-0.2, -0.15) is 0 Å². The highest BCUT2D eigenvalue weighted by molar-refractivity contribution is 6.34. The van der Waals surface area contributed by atoms with E-state index >= 15 is 0 Å². The van der Waals surface area contributed by atoms with Gasteiger partial charge in [-0.05, 0) is 67.4 Å². The zero-order chi connectivity index (χ0) is 17.3. The molecular weight excluding hydrogens is 339 g/mol. The molecule has 3 fully saturated rings. The average Bonchev–Trinajstić information content (AvgIpc) is 2.86. The van der Waals surface area contributed by atoms with E-state index in [0.29, 0.717) is 17.3 Å². The first-order valence-corrected chi connectivity index (χ1v) is 10.4. The highest BCUT2D eigenvalue weighted by Crippen LogP contribution is 2.70. The lowest BCUT2D eigenvalue weighted by Gasteiger charge is -2.63. The molecule has 0 aliphatic heterocycles. The van der Waals surface area contributed by atoms with Crippen molar-refractivity contribution >= 4 is 29.0 Å². The Hall–Kier alpha value is -0.270. The Bertz CT molecular complexity index is 638. The van der Waals surface area contributed by atoms with E-state index in [1.54, 1.807) is 6.08 Å². The summed E-state index contributed by atoms with van der Waals surface area (Å²) >= 11 is 14.6. The quantitative estimate of drug-likeness (QED) is 0.528. The molecule has 0 unspecified atom stereocenters. The van der Waals surface area contributed by atoms with Crippen molar-refractivity contribution in [3.05, 3.63) is 23.8 Å². The van der Waals surface area contributed by atoms with E-state index in [1.807, 2.05) is 6.08 Å². The molecule has 0 bridgehead atoms. The molecule has 3 heteroatoms. The van der Waals surface area contributed by atoms with Crippen LogP contribution in [-0.4, -0.2) is 16.0 Å². The lowest BCUT2D eigenvalue weighted by Crippen LogP contribution is -2.64. The van der Waals surface area contributed by atoms with Crippen molar-refractivity contribution in [3.8, 4) is 0 Å². The minimum absolute atomic E-state index is 0.0517. The fourth-order valence-corrected chi connectivity index (χ4v) is 8.16. The molecule has 3 saturated carbocycles. The van der Waals surface area contributed by atoms with Crippen LogP contribution in [0.25, 0.3) is 0 Å². The van der Waals surface area contributed by atoms with E-state index in [4.69, 9.17) is 23.2 Å². The largest absolute Gasteiger partial charge is 0.290 e. The van der Waals surface area contributed by atoms with Crippen LogP contribution in [-0.2, 0) is 4.79 Å². The van der Waals surface area contributed by atoms with Crippen molar-refractivity contribution in [2.45, 2.75) is 69.5 Å². The van der Waals surface area contributed by atoms with Gasteiger partial charge in [-0.1, -0.05) is 38.8 Å². The SMILES string of the molecule is CC[C@H]1CC[C@H]2[C@@H]3CCC4=CC(=O)C=C[C@]4(C)[C@@]3(Cl)[C@@H](Cl)C[C@]12C. The van der Waals surface area contributed by atoms with Crippen LogP contribution in [0, 0.1) is 28.6 Å². The smallest absolute Gasteiger partial charge is 0.178 e. The van der Waals surface area contributed by atoms with E-state index in [-0.39, 0.29) is 16.6 Å². The average molecular weight is 367 g/mol. The summed E-state index contributed by atoms with van der Waals surface area (Å²) in [4.78, 5) is 11.4. The number of fused-ring (bicyclic) bond motifs is 5. The number of carbonyl (C=O) groups is 1. The lowest BCUT2D eigenvalue weighted by molar-refractivity contribution is -0.111. The maximum Gasteiger partial charge on any atom is 0.178 e. The molecule has 0 amide bonds. The van der Waals surface area contributed by atoms with Gasteiger partial charge in [0, 0.05) is 5.41 Å². The van der Waals surface area contributed by atoms with Gasteiger partial charge in [-0.15, -0.1) is 23.2 Å². The molecule has 0 aromatic carbocycles. The molecule has 0 saturated heterocycles. The van der Waals surface area contributed by atoms with Gasteiger partial charge in [0.05, 0.1) is 10.3 Å². The Labute approximate surface area is 155 Å². The molecule has 0 aromatic heterocycles. The van der Waals surface area contributed by atoms with Gasteiger partial charge >= 0.3 is 0 Å². The van der Waals surface area contributed by atoms with Crippen molar-refractivity contribution < 1.29 is 4.79 Å². The number of hydrogen-bond acceptors (Lipinski definition) is 1. The molecule has 24 heavy (non-hydrogen) atoms. The Kier molecular flexibility index (Phi) is 3.84. The second-order valence-electron chi connectivity index (χ2n) is 8.99. The van der Waals surface area contributed by atoms with E-state index < -0.39 is 4.87 Å². The van der Waals surface area contributed by atoms with E-state index in [1.165, 1.54) is 24.8 Å². The van der Waals surface area contributed by atoms with Crippen LogP contribution in [0.4, 0.5) is 0 Å². The van der Waals surface area contributed by atoms with Gasteiger partial charge in [0.15, 0.2) is 5.78 Å². The molecule has 4 aliphatic rings. The summed E-state index contributed by atoms with van der Waals surface area (Å²) in [5, 5.41) is -0.0517. The molecule has 7 atom stereocenters. The molecule has 0 heterocycles. The predicted molar refractivity (Wildman–Crippen MR) is 101 cm³/mol. The molecule has 4 rings (SSSR count). The first-order chi connectivity index (χ1) is 11.3. The van der Waals surface area contributed by atoms with Crippen molar-refractivity contribution in [1.82, 2.24) is 0 Å². The molecular formula is C21H28Cl2O. The molecule has 4 aliphatic carbocycles. The Morgan fingerprint density at radius 1 is 1.21 bits per heavy atom. The summed E-state index contributed by atoms with van der Waals surface area (Å²) < 4.78 is 0. The zero-order valence-corrected chi connectivity index (χ0v) is 16.5.